The van der Waals surface area contributed by atoms with Crippen molar-refractivity contribution in [2.45, 2.75) is 43.9 Å². The molecule has 1 aromatic rings. The molecule has 8 nitrogen and oxygen atoms in total. The van der Waals surface area contributed by atoms with Gasteiger partial charge in [0.1, 0.15) is 11.8 Å². The molecule has 8 heteroatoms. The zero-order valence-corrected chi connectivity index (χ0v) is 14.0. The average molecular weight is 343 g/mol. The number of ether oxygens (including phenoxy) is 2. The number of carbonyl (C=O) groups excluding carboxylic acids is 1. The summed E-state index contributed by atoms with van der Waals surface area (Å²) in [5, 5.41) is 10.9. The summed E-state index contributed by atoms with van der Waals surface area (Å²) in [5.74, 6) is 2.72. The van der Waals surface area contributed by atoms with Crippen LogP contribution in [0, 0.1) is 12.3 Å². The minimum atomic E-state index is -0.396. The average Bonchev–Trinajstić information content (AvgIpc) is 3.41. The van der Waals surface area contributed by atoms with Crippen LogP contribution >= 0.6 is 0 Å². The van der Waals surface area contributed by atoms with Crippen LogP contribution in [0.2, 0.25) is 0 Å². The van der Waals surface area contributed by atoms with E-state index in [0.29, 0.717) is 38.5 Å². The molecule has 0 aromatic carbocycles. The first kappa shape index (κ1) is 17.3. The van der Waals surface area contributed by atoms with Crippen molar-refractivity contribution in [3.05, 3.63) is 18.1 Å². The molecule has 0 saturated carbocycles. The summed E-state index contributed by atoms with van der Waals surface area (Å²) in [6.07, 6.45) is 11.9. The summed E-state index contributed by atoms with van der Waals surface area (Å²) in [4.78, 5) is 20.4. The van der Waals surface area contributed by atoms with Crippen molar-refractivity contribution in [1.29, 1.82) is 0 Å². The van der Waals surface area contributed by atoms with E-state index in [1.807, 2.05) is 0 Å². The first-order valence-corrected chi connectivity index (χ1v) is 8.43. The molecule has 1 fully saturated rings. The lowest BCUT2D eigenvalue weighted by Gasteiger charge is -2.22. The molecule has 0 spiro atoms. The number of aromatic nitrogens is 2. The molecule has 0 atom stereocenters. The van der Waals surface area contributed by atoms with Crippen LogP contribution in [0.4, 0.5) is 0 Å². The summed E-state index contributed by atoms with van der Waals surface area (Å²) < 4.78 is 11.0. The quantitative estimate of drug-likeness (QED) is 0.725. The maximum Gasteiger partial charge on any atom is 0.271 e. The highest BCUT2D eigenvalue weighted by Gasteiger charge is 2.38. The second-order valence-electron chi connectivity index (χ2n) is 6.06. The molecule has 132 valence electrons. The maximum atomic E-state index is 12.1. The smallest absolute Gasteiger partial charge is 0.271 e. The zero-order chi connectivity index (χ0) is 17.5. The van der Waals surface area contributed by atoms with E-state index in [1.54, 1.807) is 0 Å². The first-order valence-electron chi connectivity index (χ1n) is 8.43. The van der Waals surface area contributed by atoms with Crippen LogP contribution < -0.4 is 10.1 Å². The van der Waals surface area contributed by atoms with Crippen LogP contribution in [0.3, 0.4) is 0 Å². The predicted molar refractivity (Wildman–Crippen MR) is 89.1 cm³/mol. The Morgan fingerprint density at radius 3 is 2.76 bits per heavy atom. The SMILES string of the molecule is C#CCCC1(CCNC(=O)c2cnc(OC3CCOCC3)cn2)N=N1. The third-order valence-corrected chi connectivity index (χ3v) is 4.18. The number of nitrogens with zero attached hydrogens (tertiary/aromatic N) is 4. The van der Waals surface area contributed by atoms with Gasteiger partial charge in [0.15, 0.2) is 5.66 Å². The fourth-order valence-corrected chi connectivity index (χ4v) is 2.59. The van der Waals surface area contributed by atoms with Crippen molar-refractivity contribution in [1.82, 2.24) is 15.3 Å². The molecule has 0 radical (unpaired) electrons. The number of hydrogen-bond acceptors (Lipinski definition) is 7. The van der Waals surface area contributed by atoms with Gasteiger partial charge in [-0.1, -0.05) is 0 Å². The van der Waals surface area contributed by atoms with Gasteiger partial charge in [0.25, 0.3) is 5.91 Å². The highest BCUT2D eigenvalue weighted by atomic mass is 16.5. The molecule has 1 aromatic heterocycles. The zero-order valence-electron chi connectivity index (χ0n) is 14.0. The molecule has 0 bridgehead atoms. The largest absolute Gasteiger partial charge is 0.473 e. The number of carbonyl (C=O) groups is 1. The van der Waals surface area contributed by atoms with Gasteiger partial charge in [-0.3, -0.25) is 4.79 Å². The van der Waals surface area contributed by atoms with Crippen LogP contribution in [-0.4, -0.2) is 47.4 Å². The Bertz CT molecular complexity index is 656. The van der Waals surface area contributed by atoms with Gasteiger partial charge in [-0.05, 0) is 0 Å². The second-order valence-corrected chi connectivity index (χ2v) is 6.06. The topological polar surface area (TPSA) is 98.1 Å². The maximum absolute atomic E-state index is 12.1. The Balaban J connectivity index is 1.42. The van der Waals surface area contributed by atoms with Gasteiger partial charge in [-0.2, -0.15) is 10.2 Å². The fraction of sp³-hybridized carbons (Fsp3) is 0.588. The van der Waals surface area contributed by atoms with Crippen molar-refractivity contribution in [3.8, 4) is 18.2 Å². The van der Waals surface area contributed by atoms with Gasteiger partial charge in [-0.15, -0.1) is 12.3 Å². The Hall–Kier alpha value is -2.53. The molecule has 2 aliphatic rings. The molecule has 1 saturated heterocycles. The molecule has 3 rings (SSSR count). The molecular formula is C17H21N5O3. The van der Waals surface area contributed by atoms with Crippen molar-refractivity contribution in [2.24, 2.45) is 10.2 Å². The molecule has 1 amide bonds. The molecule has 2 aliphatic heterocycles. The van der Waals surface area contributed by atoms with Crippen LogP contribution in [0.25, 0.3) is 0 Å². The molecule has 0 unspecified atom stereocenters. The number of hydrogen-bond donors (Lipinski definition) is 1. The van der Waals surface area contributed by atoms with Gasteiger partial charge in [0.05, 0.1) is 25.6 Å². The van der Waals surface area contributed by atoms with E-state index in [-0.39, 0.29) is 17.7 Å². The fourth-order valence-electron chi connectivity index (χ4n) is 2.59. The van der Waals surface area contributed by atoms with E-state index in [0.717, 1.165) is 19.3 Å². The van der Waals surface area contributed by atoms with Crippen molar-refractivity contribution in [3.63, 3.8) is 0 Å². The number of nitrogens with one attached hydrogen (secondary N) is 1. The summed E-state index contributed by atoms with van der Waals surface area (Å²) in [6, 6.07) is 0. The van der Waals surface area contributed by atoms with Crippen molar-refractivity contribution < 1.29 is 14.3 Å². The minimum absolute atomic E-state index is 0.0907. The third kappa shape index (κ3) is 4.97. The molecule has 1 N–H and O–H groups in total. The van der Waals surface area contributed by atoms with Gasteiger partial charge in [-0.25, -0.2) is 9.97 Å². The molecule has 25 heavy (non-hydrogen) atoms. The number of terminal acetylenes is 1. The van der Waals surface area contributed by atoms with Crippen LogP contribution in [-0.2, 0) is 4.74 Å². The van der Waals surface area contributed by atoms with E-state index < -0.39 is 5.66 Å². The number of amides is 1. The summed E-state index contributed by atoms with van der Waals surface area (Å²) in [6.45, 7) is 1.85. The van der Waals surface area contributed by atoms with Crippen molar-refractivity contribution in [2.75, 3.05) is 19.8 Å². The lowest BCUT2D eigenvalue weighted by atomic mass is 10.0. The first-order chi connectivity index (χ1) is 12.2. The Morgan fingerprint density at radius 2 is 2.12 bits per heavy atom. The van der Waals surface area contributed by atoms with E-state index in [9.17, 15) is 4.79 Å². The summed E-state index contributed by atoms with van der Waals surface area (Å²) in [7, 11) is 0. The highest BCUT2D eigenvalue weighted by Crippen LogP contribution is 2.36. The monoisotopic (exact) mass is 343 g/mol. The standard InChI is InChI=1S/C17H21N5O3/c1-2-3-6-17(21-22-17)7-8-18-16(23)14-11-20-15(12-19-14)25-13-4-9-24-10-5-13/h1,11-13H,3-10H2,(H,18,23). The predicted octanol–water partition coefficient (Wildman–Crippen LogP) is 1.73. The second kappa shape index (κ2) is 8.03. The van der Waals surface area contributed by atoms with Crippen LogP contribution in [0.1, 0.15) is 42.6 Å². The number of rotatable bonds is 8. The minimum Gasteiger partial charge on any atom is -0.473 e. The Morgan fingerprint density at radius 1 is 1.32 bits per heavy atom. The third-order valence-electron chi connectivity index (χ3n) is 4.18. The molecule has 0 aliphatic carbocycles. The van der Waals surface area contributed by atoms with Crippen molar-refractivity contribution >= 4 is 5.91 Å². The van der Waals surface area contributed by atoms with Gasteiger partial charge < -0.3 is 14.8 Å². The van der Waals surface area contributed by atoms with E-state index in [2.05, 4.69) is 31.4 Å². The van der Waals surface area contributed by atoms with E-state index in [4.69, 9.17) is 15.9 Å². The van der Waals surface area contributed by atoms with Crippen LogP contribution in [0.5, 0.6) is 5.88 Å². The lowest BCUT2D eigenvalue weighted by Crippen LogP contribution is -2.29. The molecular weight excluding hydrogens is 322 g/mol. The van der Waals surface area contributed by atoms with Gasteiger partial charge >= 0.3 is 0 Å². The Kier molecular flexibility index (Phi) is 5.56. The lowest BCUT2D eigenvalue weighted by molar-refractivity contribution is 0.0235. The molecule has 3 heterocycles. The Labute approximate surface area is 146 Å². The van der Waals surface area contributed by atoms with E-state index >= 15 is 0 Å². The normalized spacial score (nSPS) is 18.4. The van der Waals surface area contributed by atoms with Gasteiger partial charge in [0.2, 0.25) is 5.88 Å². The highest BCUT2D eigenvalue weighted by molar-refractivity contribution is 5.91. The van der Waals surface area contributed by atoms with E-state index in [1.165, 1.54) is 12.4 Å². The van der Waals surface area contributed by atoms with Gasteiger partial charge in [0, 0.05) is 38.6 Å². The summed E-state index contributed by atoms with van der Waals surface area (Å²) >= 11 is 0. The van der Waals surface area contributed by atoms with Crippen LogP contribution in [0.15, 0.2) is 22.6 Å². The summed E-state index contributed by atoms with van der Waals surface area (Å²) in [5.41, 5.74) is -0.145.